The Labute approximate surface area is 250 Å². The first-order chi connectivity index (χ1) is 20.1. The zero-order chi connectivity index (χ0) is 31.9. The molecule has 238 valence electrons. The van der Waals surface area contributed by atoms with E-state index in [2.05, 4.69) is 25.4 Å². The van der Waals surface area contributed by atoms with Crippen LogP contribution in [0.3, 0.4) is 0 Å². The van der Waals surface area contributed by atoms with Crippen LogP contribution in [0, 0.1) is 0 Å². The number of imidazole rings is 1. The number of nitrogens with one attached hydrogen (secondary N) is 2. The Morgan fingerprint density at radius 3 is 2.65 bits per heavy atom. The predicted octanol–water partition coefficient (Wildman–Crippen LogP) is -0.236. The van der Waals surface area contributed by atoms with Crippen molar-refractivity contribution in [1.29, 1.82) is 0 Å². The fourth-order valence-electron chi connectivity index (χ4n) is 4.46. The van der Waals surface area contributed by atoms with Gasteiger partial charge in [0.2, 0.25) is 11.8 Å². The third kappa shape index (κ3) is 6.72. The van der Waals surface area contributed by atoms with Crippen LogP contribution in [0.1, 0.15) is 33.9 Å². The van der Waals surface area contributed by atoms with E-state index in [9.17, 15) is 29.2 Å². The quantitative estimate of drug-likeness (QED) is 0.114. The summed E-state index contributed by atoms with van der Waals surface area (Å²) < 4.78 is 37.5. The molecule has 20 heteroatoms. The molecular weight excluding hydrogens is 611 g/mol. The van der Waals surface area contributed by atoms with Crippen LogP contribution in [0.25, 0.3) is 11.2 Å². The highest BCUT2D eigenvalue weighted by Gasteiger charge is 2.54. The molecule has 0 spiro atoms. The van der Waals surface area contributed by atoms with E-state index in [0.29, 0.717) is 11.4 Å². The number of anilines is 1. The number of imide groups is 1. The van der Waals surface area contributed by atoms with Gasteiger partial charge in [-0.3, -0.25) is 24.0 Å². The van der Waals surface area contributed by atoms with E-state index >= 15 is 0 Å². The van der Waals surface area contributed by atoms with Crippen molar-refractivity contribution in [2.45, 2.75) is 69.9 Å². The molecule has 4 heterocycles. The molecule has 2 aromatic heterocycles. The van der Waals surface area contributed by atoms with Gasteiger partial charge in [0.15, 0.2) is 17.4 Å². The van der Waals surface area contributed by atoms with Gasteiger partial charge in [0.05, 0.1) is 26.1 Å². The lowest BCUT2D eigenvalue weighted by Gasteiger charge is -2.27. The van der Waals surface area contributed by atoms with E-state index in [0.717, 1.165) is 4.90 Å². The largest absolute Gasteiger partial charge is 0.479 e. The first-order valence-corrected chi connectivity index (χ1v) is 16.3. The molecule has 2 saturated heterocycles. The van der Waals surface area contributed by atoms with Gasteiger partial charge in [-0.05, 0) is 27.7 Å². The highest BCUT2D eigenvalue weighted by Crippen LogP contribution is 2.57. The molecule has 0 bridgehead atoms. The first-order valence-electron chi connectivity index (χ1n) is 13.1. The van der Waals surface area contributed by atoms with Crippen molar-refractivity contribution < 1.29 is 47.9 Å². The summed E-state index contributed by atoms with van der Waals surface area (Å²) in [6.45, 7) is 1.49. The number of esters is 1. The smallest absolute Gasteiger partial charge is 0.327 e. The number of nitrogens with two attached hydrogens (primary N) is 1. The van der Waals surface area contributed by atoms with Crippen molar-refractivity contribution in [2.24, 2.45) is 0 Å². The third-order valence-corrected chi connectivity index (χ3v) is 10.9. The Morgan fingerprint density at radius 2 is 2.05 bits per heavy atom. The fraction of sp³-hybridized carbons (Fsp3) is 0.652. The van der Waals surface area contributed by atoms with Crippen molar-refractivity contribution in [2.75, 3.05) is 32.3 Å². The van der Waals surface area contributed by atoms with Crippen LogP contribution in [0.4, 0.5) is 10.7 Å². The molecule has 2 fully saturated rings. The third-order valence-electron chi connectivity index (χ3n) is 6.80. The number of fused-ring (bicyclic) bond motifs is 1. The summed E-state index contributed by atoms with van der Waals surface area (Å²) in [6.07, 6.45) is -3.16. The van der Waals surface area contributed by atoms with Gasteiger partial charge in [0, 0.05) is 12.8 Å². The summed E-state index contributed by atoms with van der Waals surface area (Å²) in [5.41, 5.74) is 4.27. The number of urea groups is 1. The van der Waals surface area contributed by atoms with Crippen LogP contribution >= 0.6 is 18.1 Å². The number of hydrogen-bond acceptors (Lipinski definition) is 15. The summed E-state index contributed by atoms with van der Waals surface area (Å²) in [6, 6.07) is -2.66. The maximum atomic E-state index is 14.0. The van der Waals surface area contributed by atoms with E-state index < -0.39 is 73.5 Å². The van der Waals surface area contributed by atoms with Crippen LogP contribution in [-0.4, -0.2) is 115 Å². The lowest BCUT2D eigenvalue weighted by atomic mass is 9.96. The number of aliphatic hydroxyl groups excluding tert-OH is 1. The Kier molecular flexibility index (Phi) is 9.55. The summed E-state index contributed by atoms with van der Waals surface area (Å²) in [4.78, 5) is 50.1. The van der Waals surface area contributed by atoms with E-state index in [1.165, 1.54) is 38.9 Å². The first kappa shape index (κ1) is 32.8. The predicted molar refractivity (Wildman–Crippen MR) is 152 cm³/mol. The van der Waals surface area contributed by atoms with Gasteiger partial charge in [-0.25, -0.2) is 14.9 Å². The van der Waals surface area contributed by atoms with Crippen molar-refractivity contribution >= 4 is 53.1 Å². The lowest BCUT2D eigenvalue weighted by molar-refractivity contribution is -0.149. The maximum Gasteiger partial charge on any atom is 0.327 e. The molecule has 2 aromatic rings. The average molecular weight is 647 g/mol. The Bertz CT molecular complexity index is 1440. The van der Waals surface area contributed by atoms with Gasteiger partial charge in [0.25, 0.3) is 5.91 Å². The molecule has 0 radical (unpaired) electrons. The van der Waals surface area contributed by atoms with Crippen LogP contribution in [-0.2, 0) is 28.2 Å². The second kappa shape index (κ2) is 12.5. The lowest BCUT2D eigenvalue weighted by Crippen LogP contribution is -2.44. The minimum atomic E-state index is -4.05. The zero-order valence-electron chi connectivity index (χ0n) is 24.3. The van der Waals surface area contributed by atoms with E-state index in [-0.39, 0.29) is 28.7 Å². The SMILES string of the molecule is COc1nc(N)nc2c1ncn2[C@@H]1O[C@H](CO[P@@](=O)(N[C@H](C)C(=O)OC(C)C)SC[C@H]2C(=O)NC(=O)N2C)[C@@H](O)[C@@]1(C)O. The summed E-state index contributed by atoms with van der Waals surface area (Å²) in [7, 11) is 2.79. The van der Waals surface area contributed by atoms with E-state index in [4.69, 9.17) is 24.5 Å². The molecular formula is C23H35N8O10PS. The number of carbonyl (C=O) groups is 3. The van der Waals surface area contributed by atoms with Gasteiger partial charge >= 0.3 is 18.7 Å². The number of nitrogen functional groups attached to an aromatic ring is 1. The summed E-state index contributed by atoms with van der Waals surface area (Å²) in [5, 5.41) is 27.1. The van der Waals surface area contributed by atoms with Crippen molar-refractivity contribution in [3.63, 3.8) is 0 Å². The van der Waals surface area contributed by atoms with Crippen molar-refractivity contribution in [3.05, 3.63) is 6.33 Å². The van der Waals surface area contributed by atoms with Crippen molar-refractivity contribution in [3.8, 4) is 5.88 Å². The van der Waals surface area contributed by atoms with Gasteiger partial charge in [-0.2, -0.15) is 9.97 Å². The Balaban J connectivity index is 1.54. The number of aliphatic hydroxyl groups is 2. The number of aromatic nitrogens is 4. The molecule has 0 saturated carbocycles. The number of methoxy groups -OCH3 is 1. The maximum absolute atomic E-state index is 14.0. The van der Waals surface area contributed by atoms with E-state index in [1.807, 2.05) is 0 Å². The molecule has 0 aromatic carbocycles. The average Bonchev–Trinajstić information content (AvgIpc) is 3.52. The van der Waals surface area contributed by atoms with E-state index in [1.54, 1.807) is 13.8 Å². The minimum absolute atomic E-state index is 0.0942. The number of carbonyl (C=O) groups excluding carboxylic acids is 3. The van der Waals surface area contributed by atoms with Crippen LogP contribution in [0.2, 0.25) is 0 Å². The molecule has 0 unspecified atom stereocenters. The van der Waals surface area contributed by atoms with Gasteiger partial charge in [-0.15, -0.1) is 0 Å². The number of likely N-dealkylation sites (N-methyl/N-ethyl adjacent to an activating group) is 1. The molecule has 3 amide bonds. The number of nitrogens with zero attached hydrogens (tertiary/aromatic N) is 5. The second-order valence-electron chi connectivity index (χ2n) is 10.5. The van der Waals surface area contributed by atoms with Crippen LogP contribution in [0.15, 0.2) is 6.33 Å². The standard InChI is InChI=1S/C23H35N8O10PS/c1-10(2)40-19(34)11(3)29-42(37,43-8-12-17(33)27-22(35)30(12)5)39-7-13-15(32)23(4,36)20(41-13)31-9-25-14-16(31)26-21(24)28-18(14)38-6/h9-13,15,20,32,36H,7-8H2,1-6H3,(H,29,37)(H2,24,26,28)(H,27,33,35)/t11-,12+,13-,15-,20-,23-,42+/m1/s1. The molecule has 18 nitrogen and oxygen atoms in total. The van der Waals surface area contributed by atoms with Crippen LogP contribution in [0.5, 0.6) is 5.88 Å². The van der Waals surface area contributed by atoms with Gasteiger partial charge in [-0.1, -0.05) is 11.4 Å². The monoisotopic (exact) mass is 646 g/mol. The normalized spacial score (nSPS) is 27.9. The molecule has 0 aliphatic carbocycles. The number of rotatable bonds is 12. The number of hydrogen-bond donors (Lipinski definition) is 5. The van der Waals surface area contributed by atoms with Crippen LogP contribution < -0.4 is 20.9 Å². The fourth-order valence-corrected chi connectivity index (χ4v) is 8.43. The molecule has 4 rings (SSSR count). The van der Waals surface area contributed by atoms with Gasteiger partial charge < -0.3 is 39.6 Å². The Hall–Kier alpha value is -3.06. The minimum Gasteiger partial charge on any atom is -0.479 e. The number of amides is 3. The van der Waals surface area contributed by atoms with Crippen molar-refractivity contribution in [1.82, 2.24) is 34.8 Å². The Morgan fingerprint density at radius 1 is 1.35 bits per heavy atom. The molecule has 7 atom stereocenters. The topological polar surface area (TPSA) is 243 Å². The molecule has 2 aliphatic heterocycles. The zero-order valence-corrected chi connectivity index (χ0v) is 26.0. The molecule has 2 aliphatic rings. The summed E-state index contributed by atoms with van der Waals surface area (Å²) in [5.74, 6) is -1.46. The number of ether oxygens (including phenoxy) is 3. The molecule has 6 N–H and O–H groups in total. The summed E-state index contributed by atoms with van der Waals surface area (Å²) >= 11 is 0.686. The van der Waals surface area contributed by atoms with Gasteiger partial charge in [0.1, 0.15) is 29.9 Å². The highest BCUT2D eigenvalue weighted by atomic mass is 32.7. The highest BCUT2D eigenvalue weighted by molar-refractivity contribution is 8.56. The second-order valence-corrected chi connectivity index (χ2v) is 14.8. The molecule has 43 heavy (non-hydrogen) atoms.